The number of Topliss-reactive ketones (excluding diaryl/α,β-unsaturated/α-hetero) is 2. The highest BCUT2D eigenvalue weighted by molar-refractivity contribution is 6.43. The maximum atomic E-state index is 12.1. The van der Waals surface area contributed by atoms with E-state index in [2.05, 4.69) is 20.6 Å². The van der Waals surface area contributed by atoms with Gasteiger partial charge in [0.2, 0.25) is 11.6 Å². The predicted molar refractivity (Wildman–Crippen MR) is 81.7 cm³/mol. The highest BCUT2D eigenvalue weighted by atomic mass is 16.5. The van der Waals surface area contributed by atoms with E-state index in [1.54, 1.807) is 13.4 Å². The van der Waals surface area contributed by atoms with Crippen molar-refractivity contribution >= 4 is 11.6 Å². The topological polar surface area (TPSA) is 111 Å². The third kappa shape index (κ3) is 3.37. The van der Waals surface area contributed by atoms with E-state index in [-0.39, 0.29) is 12.2 Å². The molecule has 2 heterocycles. The lowest BCUT2D eigenvalue weighted by Gasteiger charge is -2.04. The van der Waals surface area contributed by atoms with Crippen LogP contribution in [-0.2, 0) is 17.6 Å². The van der Waals surface area contributed by atoms with Gasteiger partial charge in [-0.3, -0.25) is 9.59 Å². The molecular formula is C16H14N4O4. The second-order valence-corrected chi connectivity index (χ2v) is 5.11. The minimum atomic E-state index is -0.777. The van der Waals surface area contributed by atoms with Gasteiger partial charge in [-0.05, 0) is 28.5 Å². The van der Waals surface area contributed by atoms with Crippen molar-refractivity contribution in [2.75, 3.05) is 7.11 Å². The number of aromatic nitrogens is 4. The number of H-pyrrole nitrogens is 1. The molecule has 0 aliphatic carbocycles. The number of rotatable bonds is 7. The molecule has 0 aliphatic heterocycles. The SMILES string of the molecule is COc1ccc(Cc2cocc2CC(=O)C(=O)c2nn[nH]n2)cc1. The molecule has 0 radical (unpaired) electrons. The number of aromatic amines is 1. The second-order valence-electron chi connectivity index (χ2n) is 5.11. The zero-order valence-electron chi connectivity index (χ0n) is 12.9. The van der Waals surface area contributed by atoms with Crippen LogP contribution in [0.5, 0.6) is 5.75 Å². The van der Waals surface area contributed by atoms with Crippen molar-refractivity contribution in [1.29, 1.82) is 0 Å². The Morgan fingerprint density at radius 1 is 1.17 bits per heavy atom. The fourth-order valence-corrected chi connectivity index (χ4v) is 2.26. The van der Waals surface area contributed by atoms with Crippen LogP contribution in [0.4, 0.5) is 0 Å². The molecule has 3 rings (SSSR count). The van der Waals surface area contributed by atoms with E-state index in [1.165, 1.54) is 6.26 Å². The first kappa shape index (κ1) is 15.6. The molecule has 1 aromatic carbocycles. The Labute approximate surface area is 136 Å². The smallest absolute Gasteiger partial charge is 0.269 e. The van der Waals surface area contributed by atoms with Crippen molar-refractivity contribution in [2.45, 2.75) is 12.8 Å². The number of nitrogens with one attached hydrogen (secondary N) is 1. The van der Waals surface area contributed by atoms with Gasteiger partial charge in [0.1, 0.15) is 5.75 Å². The first-order chi connectivity index (χ1) is 11.7. The number of carbonyl (C=O) groups excluding carboxylic acids is 2. The number of ether oxygens (including phenoxy) is 1. The number of ketones is 2. The van der Waals surface area contributed by atoms with E-state index in [0.29, 0.717) is 12.0 Å². The van der Waals surface area contributed by atoms with Gasteiger partial charge in [0.05, 0.1) is 19.6 Å². The van der Waals surface area contributed by atoms with Crippen LogP contribution < -0.4 is 4.74 Å². The summed E-state index contributed by atoms with van der Waals surface area (Å²) in [6.45, 7) is 0. The molecule has 0 unspecified atom stereocenters. The van der Waals surface area contributed by atoms with Gasteiger partial charge in [0.25, 0.3) is 5.78 Å². The zero-order valence-corrected chi connectivity index (χ0v) is 12.9. The largest absolute Gasteiger partial charge is 0.497 e. The molecule has 8 heteroatoms. The van der Waals surface area contributed by atoms with Crippen molar-refractivity contribution in [2.24, 2.45) is 0 Å². The lowest BCUT2D eigenvalue weighted by atomic mass is 10.00. The van der Waals surface area contributed by atoms with Gasteiger partial charge in [-0.1, -0.05) is 12.1 Å². The van der Waals surface area contributed by atoms with Crippen molar-refractivity contribution in [3.8, 4) is 5.75 Å². The third-order valence-electron chi connectivity index (χ3n) is 3.54. The molecule has 0 atom stereocenters. The lowest BCUT2D eigenvalue weighted by molar-refractivity contribution is -0.114. The number of hydrogen-bond donors (Lipinski definition) is 1. The molecule has 0 fully saturated rings. The Balaban J connectivity index is 1.70. The Morgan fingerprint density at radius 2 is 1.92 bits per heavy atom. The summed E-state index contributed by atoms with van der Waals surface area (Å²) in [7, 11) is 1.61. The minimum Gasteiger partial charge on any atom is -0.497 e. The Bertz CT molecular complexity index is 837. The summed E-state index contributed by atoms with van der Waals surface area (Å²) in [4.78, 5) is 24.0. The molecule has 24 heavy (non-hydrogen) atoms. The third-order valence-corrected chi connectivity index (χ3v) is 3.54. The van der Waals surface area contributed by atoms with Crippen LogP contribution in [0.1, 0.15) is 27.3 Å². The van der Waals surface area contributed by atoms with Gasteiger partial charge in [0, 0.05) is 18.4 Å². The van der Waals surface area contributed by atoms with Crippen LogP contribution in [0.25, 0.3) is 0 Å². The molecule has 8 nitrogen and oxygen atoms in total. The van der Waals surface area contributed by atoms with Crippen LogP contribution >= 0.6 is 0 Å². The number of benzene rings is 1. The average Bonchev–Trinajstić information content (AvgIpc) is 3.27. The second kappa shape index (κ2) is 6.86. The van der Waals surface area contributed by atoms with Crippen LogP contribution in [-0.4, -0.2) is 39.3 Å². The standard InChI is InChI=1S/C16H14N4O4/c1-23-13-4-2-10(3-5-13)6-11-8-24-9-12(11)7-14(21)15(22)16-17-19-20-18-16/h2-5,8-9H,6-7H2,1H3,(H,17,18,19,20). The van der Waals surface area contributed by atoms with Gasteiger partial charge in [-0.15, -0.1) is 10.2 Å². The lowest BCUT2D eigenvalue weighted by Crippen LogP contribution is -2.18. The predicted octanol–water partition coefficient (Wildman–Crippen LogP) is 1.39. The fourth-order valence-electron chi connectivity index (χ4n) is 2.26. The first-order valence-electron chi connectivity index (χ1n) is 7.15. The molecule has 0 amide bonds. The molecule has 2 aromatic heterocycles. The number of hydrogen-bond acceptors (Lipinski definition) is 7. The van der Waals surface area contributed by atoms with E-state index >= 15 is 0 Å². The van der Waals surface area contributed by atoms with Crippen molar-refractivity contribution in [3.63, 3.8) is 0 Å². The van der Waals surface area contributed by atoms with Crippen molar-refractivity contribution in [1.82, 2.24) is 20.6 Å². The van der Waals surface area contributed by atoms with E-state index in [1.807, 2.05) is 24.3 Å². The van der Waals surface area contributed by atoms with Gasteiger partial charge < -0.3 is 9.15 Å². The minimum absolute atomic E-state index is 0.0740. The molecule has 3 aromatic rings. The summed E-state index contributed by atoms with van der Waals surface area (Å²) in [5, 5.41) is 12.5. The van der Waals surface area contributed by atoms with E-state index < -0.39 is 11.6 Å². The monoisotopic (exact) mass is 326 g/mol. The molecule has 0 bridgehead atoms. The summed E-state index contributed by atoms with van der Waals surface area (Å²) in [5.41, 5.74) is 2.54. The maximum Gasteiger partial charge on any atom is 0.269 e. The molecule has 0 saturated heterocycles. The number of carbonyl (C=O) groups is 2. The van der Waals surface area contributed by atoms with Gasteiger partial charge in [-0.2, -0.15) is 5.21 Å². The number of nitrogens with zero attached hydrogens (tertiary/aromatic N) is 3. The molecular weight excluding hydrogens is 312 g/mol. The highest BCUT2D eigenvalue weighted by Gasteiger charge is 2.22. The van der Waals surface area contributed by atoms with Gasteiger partial charge in [0.15, 0.2) is 0 Å². The molecule has 0 saturated carbocycles. The molecule has 1 N–H and O–H groups in total. The Kier molecular flexibility index (Phi) is 4.46. The van der Waals surface area contributed by atoms with Crippen molar-refractivity contribution < 1.29 is 18.7 Å². The highest BCUT2D eigenvalue weighted by Crippen LogP contribution is 2.19. The summed E-state index contributed by atoms with van der Waals surface area (Å²) < 4.78 is 10.3. The van der Waals surface area contributed by atoms with E-state index in [9.17, 15) is 9.59 Å². The van der Waals surface area contributed by atoms with Gasteiger partial charge >= 0.3 is 0 Å². The molecule has 0 spiro atoms. The number of furan rings is 1. The fraction of sp³-hybridized carbons (Fsp3) is 0.188. The molecule has 122 valence electrons. The summed E-state index contributed by atoms with van der Waals surface area (Å²) in [6.07, 6.45) is 3.56. The van der Waals surface area contributed by atoms with Crippen LogP contribution in [0.2, 0.25) is 0 Å². The van der Waals surface area contributed by atoms with E-state index in [0.717, 1.165) is 16.9 Å². The van der Waals surface area contributed by atoms with Crippen LogP contribution in [0.15, 0.2) is 41.2 Å². The van der Waals surface area contributed by atoms with E-state index in [4.69, 9.17) is 9.15 Å². The number of tetrazole rings is 1. The normalized spacial score (nSPS) is 10.5. The van der Waals surface area contributed by atoms with Crippen molar-refractivity contribution in [3.05, 3.63) is 59.3 Å². The summed E-state index contributed by atoms with van der Waals surface area (Å²) >= 11 is 0. The first-order valence-corrected chi connectivity index (χ1v) is 7.15. The Hall–Kier alpha value is -3.29. The quantitative estimate of drug-likeness (QED) is 0.516. The van der Waals surface area contributed by atoms with Crippen LogP contribution in [0.3, 0.4) is 0 Å². The Morgan fingerprint density at radius 3 is 2.58 bits per heavy atom. The van der Waals surface area contributed by atoms with Gasteiger partial charge in [-0.25, -0.2) is 0 Å². The van der Waals surface area contributed by atoms with Crippen LogP contribution in [0, 0.1) is 0 Å². The summed E-state index contributed by atoms with van der Waals surface area (Å²) in [6, 6.07) is 7.59. The number of methoxy groups -OCH3 is 1. The molecule has 0 aliphatic rings. The average molecular weight is 326 g/mol. The zero-order chi connectivity index (χ0) is 16.9. The maximum absolute atomic E-state index is 12.1. The summed E-state index contributed by atoms with van der Waals surface area (Å²) in [5.74, 6) is -0.860.